The van der Waals surface area contributed by atoms with Crippen LogP contribution in [0.5, 0.6) is 0 Å². The van der Waals surface area contributed by atoms with Gasteiger partial charge in [0.1, 0.15) is 11.6 Å². The average Bonchev–Trinajstić information content (AvgIpc) is 2.33. The summed E-state index contributed by atoms with van der Waals surface area (Å²) in [6.07, 6.45) is 0. The number of rotatable bonds is 1. The second-order valence-electron chi connectivity index (χ2n) is 6.37. The SMILES string of the molecule is Cc1cc(F)c(N2CCNC(C(C)(C)C)C2)cc1F. The monoisotopic (exact) mass is 268 g/mol. The lowest BCUT2D eigenvalue weighted by atomic mass is 9.85. The Balaban J connectivity index is 2.25. The molecule has 0 aliphatic carbocycles. The topological polar surface area (TPSA) is 15.3 Å². The minimum Gasteiger partial charge on any atom is -0.366 e. The first-order valence-electron chi connectivity index (χ1n) is 6.73. The van der Waals surface area contributed by atoms with Gasteiger partial charge in [0.2, 0.25) is 0 Å². The van der Waals surface area contributed by atoms with Gasteiger partial charge in [0.25, 0.3) is 0 Å². The summed E-state index contributed by atoms with van der Waals surface area (Å²) >= 11 is 0. The molecule has 1 saturated heterocycles. The van der Waals surface area contributed by atoms with Crippen molar-refractivity contribution in [3.8, 4) is 0 Å². The van der Waals surface area contributed by atoms with Crippen LogP contribution in [0.2, 0.25) is 0 Å². The minimum atomic E-state index is -0.345. The molecule has 1 aliphatic rings. The lowest BCUT2D eigenvalue weighted by Gasteiger charge is -2.41. The zero-order chi connectivity index (χ0) is 14.2. The van der Waals surface area contributed by atoms with Gasteiger partial charge in [0.05, 0.1) is 5.69 Å². The van der Waals surface area contributed by atoms with E-state index >= 15 is 0 Å². The maximum Gasteiger partial charge on any atom is 0.146 e. The molecule has 0 bridgehead atoms. The van der Waals surface area contributed by atoms with Crippen LogP contribution in [0.3, 0.4) is 0 Å². The number of nitrogens with zero attached hydrogens (tertiary/aromatic N) is 1. The largest absolute Gasteiger partial charge is 0.366 e. The first kappa shape index (κ1) is 14.3. The van der Waals surface area contributed by atoms with E-state index in [9.17, 15) is 8.78 Å². The highest BCUT2D eigenvalue weighted by atomic mass is 19.1. The highest BCUT2D eigenvalue weighted by Gasteiger charge is 2.30. The zero-order valence-electron chi connectivity index (χ0n) is 12.1. The van der Waals surface area contributed by atoms with Crippen molar-refractivity contribution in [1.82, 2.24) is 5.32 Å². The Morgan fingerprint density at radius 2 is 1.89 bits per heavy atom. The van der Waals surface area contributed by atoms with Crippen molar-refractivity contribution in [2.24, 2.45) is 5.41 Å². The number of hydrogen-bond donors (Lipinski definition) is 1. The van der Waals surface area contributed by atoms with Crippen LogP contribution in [-0.2, 0) is 0 Å². The third-order valence-corrected chi connectivity index (χ3v) is 3.79. The van der Waals surface area contributed by atoms with E-state index in [1.807, 2.05) is 4.90 Å². The number of anilines is 1. The van der Waals surface area contributed by atoms with E-state index in [0.29, 0.717) is 24.3 Å². The van der Waals surface area contributed by atoms with Gasteiger partial charge < -0.3 is 10.2 Å². The van der Waals surface area contributed by atoms with Gasteiger partial charge in [0.15, 0.2) is 0 Å². The molecule has 2 nitrogen and oxygen atoms in total. The van der Waals surface area contributed by atoms with Crippen molar-refractivity contribution >= 4 is 5.69 Å². The first-order valence-corrected chi connectivity index (χ1v) is 6.73. The van der Waals surface area contributed by atoms with E-state index < -0.39 is 0 Å². The molecule has 2 rings (SSSR count). The predicted molar refractivity (Wildman–Crippen MR) is 74.6 cm³/mol. The van der Waals surface area contributed by atoms with Gasteiger partial charge in [-0.15, -0.1) is 0 Å². The van der Waals surface area contributed by atoms with Gasteiger partial charge in [-0.2, -0.15) is 0 Å². The maximum absolute atomic E-state index is 14.0. The molecule has 4 heteroatoms. The quantitative estimate of drug-likeness (QED) is 0.842. The molecular formula is C15H22F2N2. The molecule has 1 aromatic carbocycles. The van der Waals surface area contributed by atoms with Gasteiger partial charge in [0, 0.05) is 31.7 Å². The van der Waals surface area contributed by atoms with Crippen LogP contribution in [-0.4, -0.2) is 25.7 Å². The Labute approximate surface area is 113 Å². The fourth-order valence-electron chi connectivity index (χ4n) is 2.43. The van der Waals surface area contributed by atoms with E-state index in [-0.39, 0.29) is 23.1 Å². The van der Waals surface area contributed by atoms with Crippen LogP contribution >= 0.6 is 0 Å². The Kier molecular flexibility index (Phi) is 3.81. The third kappa shape index (κ3) is 3.06. The second-order valence-corrected chi connectivity index (χ2v) is 6.37. The number of hydrogen-bond acceptors (Lipinski definition) is 2. The smallest absolute Gasteiger partial charge is 0.146 e. The van der Waals surface area contributed by atoms with E-state index in [2.05, 4.69) is 26.1 Å². The normalized spacial score (nSPS) is 20.7. The first-order chi connectivity index (χ1) is 8.79. The van der Waals surface area contributed by atoms with E-state index in [0.717, 1.165) is 6.54 Å². The second kappa shape index (κ2) is 5.08. The van der Waals surface area contributed by atoms with Crippen molar-refractivity contribution in [3.05, 3.63) is 29.3 Å². The Hall–Kier alpha value is -1.16. The third-order valence-electron chi connectivity index (χ3n) is 3.79. The Morgan fingerprint density at radius 3 is 2.53 bits per heavy atom. The summed E-state index contributed by atoms with van der Waals surface area (Å²) in [5, 5.41) is 3.45. The molecule has 1 N–H and O–H groups in total. The molecule has 1 fully saturated rings. The van der Waals surface area contributed by atoms with Crippen LogP contribution < -0.4 is 10.2 Å². The van der Waals surface area contributed by atoms with Crippen molar-refractivity contribution in [2.75, 3.05) is 24.5 Å². The van der Waals surface area contributed by atoms with Crippen LogP contribution in [0, 0.1) is 24.0 Å². The van der Waals surface area contributed by atoms with Gasteiger partial charge in [-0.05, 0) is 24.0 Å². The van der Waals surface area contributed by atoms with Gasteiger partial charge >= 0.3 is 0 Å². The van der Waals surface area contributed by atoms with Gasteiger partial charge in [-0.25, -0.2) is 8.78 Å². The minimum absolute atomic E-state index is 0.0956. The van der Waals surface area contributed by atoms with Gasteiger partial charge in [-0.1, -0.05) is 20.8 Å². The highest BCUT2D eigenvalue weighted by molar-refractivity contribution is 5.50. The molecular weight excluding hydrogens is 246 g/mol. The summed E-state index contributed by atoms with van der Waals surface area (Å²) < 4.78 is 27.6. The molecule has 0 amide bonds. The van der Waals surface area contributed by atoms with Crippen LogP contribution in [0.15, 0.2) is 12.1 Å². The van der Waals surface area contributed by atoms with Crippen LogP contribution in [0.25, 0.3) is 0 Å². The summed E-state index contributed by atoms with van der Waals surface area (Å²) in [5.74, 6) is -0.685. The summed E-state index contributed by atoms with van der Waals surface area (Å²) in [7, 11) is 0. The molecule has 0 spiro atoms. The molecule has 0 radical (unpaired) electrons. The van der Waals surface area contributed by atoms with Crippen molar-refractivity contribution in [3.63, 3.8) is 0 Å². The van der Waals surface area contributed by atoms with E-state index in [1.165, 1.54) is 12.1 Å². The van der Waals surface area contributed by atoms with Crippen LogP contribution in [0.1, 0.15) is 26.3 Å². The summed E-state index contributed by atoms with van der Waals surface area (Å²) in [6, 6.07) is 2.86. The molecule has 0 saturated carbocycles. The Morgan fingerprint density at radius 1 is 1.21 bits per heavy atom. The number of piperazine rings is 1. The van der Waals surface area contributed by atoms with Crippen molar-refractivity contribution < 1.29 is 8.78 Å². The maximum atomic E-state index is 14.0. The summed E-state index contributed by atoms with van der Waals surface area (Å²) in [4.78, 5) is 1.93. The summed E-state index contributed by atoms with van der Waals surface area (Å²) in [5.41, 5.74) is 0.820. The molecule has 1 aliphatic heterocycles. The van der Waals surface area contributed by atoms with Crippen molar-refractivity contribution in [1.29, 1.82) is 0 Å². The standard InChI is InChI=1S/C15H22F2N2/c1-10-7-12(17)13(8-11(10)16)19-6-5-18-14(9-19)15(2,3)4/h7-8,14,18H,5-6,9H2,1-4H3. The highest BCUT2D eigenvalue weighted by Crippen LogP contribution is 2.27. The number of halogens is 2. The lowest BCUT2D eigenvalue weighted by Crippen LogP contribution is -2.56. The van der Waals surface area contributed by atoms with E-state index in [4.69, 9.17) is 0 Å². The number of nitrogens with one attached hydrogen (secondary N) is 1. The molecule has 1 aromatic rings. The summed E-state index contributed by atoms with van der Waals surface area (Å²) in [6.45, 7) is 10.2. The molecule has 1 unspecified atom stereocenters. The molecule has 0 aromatic heterocycles. The molecule has 106 valence electrons. The molecule has 19 heavy (non-hydrogen) atoms. The Bertz CT molecular complexity index is 466. The van der Waals surface area contributed by atoms with E-state index in [1.54, 1.807) is 6.92 Å². The molecule has 1 heterocycles. The van der Waals surface area contributed by atoms with Crippen LogP contribution in [0.4, 0.5) is 14.5 Å². The van der Waals surface area contributed by atoms with Crippen molar-refractivity contribution in [2.45, 2.75) is 33.7 Å². The molecule has 1 atom stereocenters. The zero-order valence-corrected chi connectivity index (χ0v) is 12.1. The van der Waals surface area contributed by atoms with Gasteiger partial charge in [-0.3, -0.25) is 0 Å². The predicted octanol–water partition coefficient (Wildman–Crippen LogP) is 3.10. The fourth-order valence-corrected chi connectivity index (χ4v) is 2.43. The fraction of sp³-hybridized carbons (Fsp3) is 0.600. The lowest BCUT2D eigenvalue weighted by molar-refractivity contribution is 0.253. The number of benzene rings is 1. The number of aryl methyl sites for hydroxylation is 1. The average molecular weight is 268 g/mol.